The lowest BCUT2D eigenvalue weighted by molar-refractivity contribution is -0.140. The first-order valence-corrected chi connectivity index (χ1v) is 13.9. The Labute approximate surface area is 233 Å². The molecule has 0 aliphatic carbocycles. The van der Waals surface area contributed by atoms with E-state index in [9.17, 15) is 14.7 Å². The van der Waals surface area contributed by atoms with Gasteiger partial charge in [0.05, 0.1) is 23.4 Å². The third kappa shape index (κ3) is 4.81. The zero-order chi connectivity index (χ0) is 28.0. The number of rotatable bonds is 4. The zero-order valence-electron chi connectivity index (χ0n) is 23.2. The van der Waals surface area contributed by atoms with E-state index < -0.39 is 6.10 Å². The van der Waals surface area contributed by atoms with Gasteiger partial charge in [-0.25, -0.2) is 19.7 Å². The first-order chi connectivity index (χ1) is 19.3. The van der Waals surface area contributed by atoms with Gasteiger partial charge >= 0.3 is 6.03 Å². The average Bonchev–Trinajstić information content (AvgIpc) is 2.98. The maximum Gasteiger partial charge on any atom is 0.324 e. The molecule has 1 atom stereocenters. The molecule has 6 heterocycles. The fourth-order valence-corrected chi connectivity index (χ4v) is 5.81. The summed E-state index contributed by atoms with van der Waals surface area (Å²) < 4.78 is 0. The lowest BCUT2D eigenvalue weighted by Gasteiger charge is -2.43. The number of aliphatic hydroxyl groups is 1. The Morgan fingerprint density at radius 3 is 2.35 bits per heavy atom. The number of likely N-dealkylation sites (N-methyl/N-ethyl adjacent to an activating group) is 1. The van der Waals surface area contributed by atoms with Gasteiger partial charge in [-0.1, -0.05) is 0 Å². The Kier molecular flexibility index (Phi) is 6.97. The van der Waals surface area contributed by atoms with E-state index in [1.807, 2.05) is 35.6 Å². The number of carbonyl (C=O) groups excluding carboxylic acids is 2. The van der Waals surface area contributed by atoms with Crippen molar-refractivity contribution in [1.82, 2.24) is 34.6 Å². The number of carbonyl (C=O) groups is 2. The van der Waals surface area contributed by atoms with Gasteiger partial charge in [0.1, 0.15) is 11.6 Å². The maximum absolute atomic E-state index is 13.6. The minimum Gasteiger partial charge on any atom is -0.384 e. The molecule has 0 radical (unpaired) electrons. The van der Waals surface area contributed by atoms with Crippen molar-refractivity contribution in [3.63, 3.8) is 0 Å². The van der Waals surface area contributed by atoms with E-state index in [4.69, 9.17) is 4.98 Å². The molecule has 210 valence electrons. The van der Waals surface area contributed by atoms with Gasteiger partial charge in [0.2, 0.25) is 5.95 Å². The summed E-state index contributed by atoms with van der Waals surface area (Å²) in [7, 11) is 3.91. The number of piperazine rings is 1. The monoisotopic (exact) mass is 545 g/mol. The van der Waals surface area contributed by atoms with E-state index in [-0.39, 0.29) is 18.0 Å². The molecule has 2 saturated heterocycles. The second-order valence-electron chi connectivity index (χ2n) is 11.0. The van der Waals surface area contributed by atoms with Crippen LogP contribution in [-0.2, 0) is 11.3 Å². The molecule has 40 heavy (non-hydrogen) atoms. The van der Waals surface area contributed by atoms with Gasteiger partial charge in [-0.05, 0) is 38.9 Å². The van der Waals surface area contributed by atoms with Crippen LogP contribution < -0.4 is 9.80 Å². The van der Waals surface area contributed by atoms with E-state index in [0.29, 0.717) is 43.5 Å². The van der Waals surface area contributed by atoms with Crippen LogP contribution in [0.4, 0.5) is 16.4 Å². The Balaban J connectivity index is 1.32. The molecular weight excluding hydrogens is 510 g/mol. The summed E-state index contributed by atoms with van der Waals surface area (Å²) >= 11 is 0. The molecule has 0 saturated carbocycles. The number of pyridine rings is 2. The van der Waals surface area contributed by atoms with Crippen molar-refractivity contribution in [2.75, 3.05) is 63.2 Å². The van der Waals surface area contributed by atoms with E-state index in [0.717, 1.165) is 54.6 Å². The number of anilines is 2. The highest BCUT2D eigenvalue weighted by Crippen LogP contribution is 2.37. The number of aliphatic hydroxyl groups excluding tert-OH is 1. The van der Waals surface area contributed by atoms with E-state index in [1.165, 1.54) is 6.92 Å². The molecule has 0 aromatic carbocycles. The molecule has 3 amide bonds. The SMILES string of the molecule is C[C@H](O)C(=O)N1CCC(N2C(=O)N(C)Cc3cnc4ccc(-c5cnc(N6CCN(C)CC6)nc5)nc4c32)CC1. The van der Waals surface area contributed by atoms with Crippen LogP contribution in [0.25, 0.3) is 22.3 Å². The number of nitrogens with zero attached hydrogens (tertiary/aromatic N) is 9. The predicted octanol–water partition coefficient (Wildman–Crippen LogP) is 1.58. The van der Waals surface area contributed by atoms with Crippen LogP contribution in [0.5, 0.6) is 0 Å². The van der Waals surface area contributed by atoms with Crippen molar-refractivity contribution >= 4 is 34.6 Å². The molecule has 12 nitrogen and oxygen atoms in total. The number of amides is 3. The summed E-state index contributed by atoms with van der Waals surface area (Å²) in [6.07, 6.45) is 5.64. The smallest absolute Gasteiger partial charge is 0.324 e. The van der Waals surface area contributed by atoms with Crippen LogP contribution >= 0.6 is 0 Å². The topological polar surface area (TPSA) is 122 Å². The molecular formula is C28H35N9O3. The third-order valence-electron chi connectivity index (χ3n) is 8.16. The minimum atomic E-state index is -1.03. The quantitative estimate of drug-likeness (QED) is 0.521. The number of piperidine rings is 1. The number of aromatic nitrogens is 4. The van der Waals surface area contributed by atoms with Crippen molar-refractivity contribution in [3.8, 4) is 11.3 Å². The minimum absolute atomic E-state index is 0.0904. The number of fused-ring (bicyclic) bond motifs is 3. The summed E-state index contributed by atoms with van der Waals surface area (Å²) in [5.74, 6) is 0.444. The fraction of sp³-hybridized carbons (Fsp3) is 0.500. The van der Waals surface area contributed by atoms with Gasteiger partial charge in [0, 0.05) is 82.1 Å². The number of likely N-dealkylation sites (tertiary alicyclic amines) is 1. The zero-order valence-corrected chi connectivity index (χ0v) is 23.2. The predicted molar refractivity (Wildman–Crippen MR) is 151 cm³/mol. The highest BCUT2D eigenvalue weighted by Gasteiger charge is 2.38. The van der Waals surface area contributed by atoms with Crippen molar-refractivity contribution in [2.24, 2.45) is 0 Å². The molecule has 6 rings (SSSR count). The highest BCUT2D eigenvalue weighted by atomic mass is 16.3. The van der Waals surface area contributed by atoms with Crippen LogP contribution in [-0.4, -0.2) is 117 Å². The standard InChI is InChI=1S/C28H35N9O3/c1-18(38)26(39)35-8-6-21(7-9-35)37-25-20(17-34(3)28(37)40)16-29-23-5-4-22(32-24(23)25)19-14-30-27(31-15-19)36-12-10-33(2)11-13-36/h4-5,14-16,18,21,38H,6-13,17H2,1-3H3/t18-/m0/s1. The lowest BCUT2D eigenvalue weighted by Crippen LogP contribution is -2.55. The van der Waals surface area contributed by atoms with Crippen LogP contribution in [0.15, 0.2) is 30.7 Å². The Bertz CT molecular complexity index is 1410. The molecule has 0 spiro atoms. The molecule has 3 aliphatic heterocycles. The maximum atomic E-state index is 13.6. The van der Waals surface area contributed by atoms with Crippen LogP contribution in [0.1, 0.15) is 25.3 Å². The Hall–Kier alpha value is -3.90. The van der Waals surface area contributed by atoms with Crippen LogP contribution in [0, 0.1) is 0 Å². The van der Waals surface area contributed by atoms with Gasteiger partial charge in [-0.15, -0.1) is 0 Å². The summed E-state index contributed by atoms with van der Waals surface area (Å²) in [5, 5.41) is 9.73. The second kappa shape index (κ2) is 10.6. The molecule has 0 unspecified atom stereocenters. The van der Waals surface area contributed by atoms with Gasteiger partial charge in [-0.3, -0.25) is 14.7 Å². The average molecular weight is 546 g/mol. The van der Waals surface area contributed by atoms with E-state index in [1.54, 1.807) is 16.8 Å². The van der Waals surface area contributed by atoms with Crippen molar-refractivity contribution in [1.29, 1.82) is 0 Å². The number of hydrogen-bond acceptors (Lipinski definition) is 9. The van der Waals surface area contributed by atoms with E-state index in [2.05, 4.69) is 31.8 Å². The highest BCUT2D eigenvalue weighted by molar-refractivity contribution is 6.04. The normalized spacial score (nSPS) is 19.8. The molecule has 1 N–H and O–H groups in total. The molecule has 3 aliphatic rings. The molecule has 0 bridgehead atoms. The lowest BCUT2D eigenvalue weighted by atomic mass is 9.99. The van der Waals surface area contributed by atoms with Crippen molar-refractivity contribution in [2.45, 2.75) is 38.5 Å². The number of urea groups is 1. The molecule has 3 aromatic rings. The fourth-order valence-electron chi connectivity index (χ4n) is 5.81. The van der Waals surface area contributed by atoms with Crippen molar-refractivity contribution in [3.05, 3.63) is 36.3 Å². The summed E-state index contributed by atoms with van der Waals surface area (Å²) in [4.78, 5) is 54.5. The van der Waals surface area contributed by atoms with Gasteiger partial charge in [0.15, 0.2) is 0 Å². The largest absolute Gasteiger partial charge is 0.384 e. The second-order valence-corrected chi connectivity index (χ2v) is 11.0. The van der Waals surface area contributed by atoms with Gasteiger partial charge < -0.3 is 24.7 Å². The van der Waals surface area contributed by atoms with Crippen LogP contribution in [0.2, 0.25) is 0 Å². The first-order valence-electron chi connectivity index (χ1n) is 13.9. The third-order valence-corrected chi connectivity index (χ3v) is 8.16. The Morgan fingerprint density at radius 2 is 1.68 bits per heavy atom. The molecule has 3 aromatic heterocycles. The first kappa shape index (κ1) is 26.3. The van der Waals surface area contributed by atoms with Gasteiger partial charge in [0.25, 0.3) is 5.91 Å². The molecule has 2 fully saturated rings. The van der Waals surface area contributed by atoms with Gasteiger partial charge in [-0.2, -0.15) is 0 Å². The summed E-state index contributed by atoms with van der Waals surface area (Å²) in [5.41, 5.74) is 4.61. The van der Waals surface area contributed by atoms with Crippen molar-refractivity contribution < 1.29 is 14.7 Å². The van der Waals surface area contributed by atoms with Crippen LogP contribution in [0.3, 0.4) is 0 Å². The summed E-state index contributed by atoms with van der Waals surface area (Å²) in [6.45, 7) is 6.65. The van der Waals surface area contributed by atoms with E-state index >= 15 is 0 Å². The summed E-state index contributed by atoms with van der Waals surface area (Å²) in [6, 6.07) is 3.65. The molecule has 12 heteroatoms. The number of hydrogen-bond donors (Lipinski definition) is 1. The Morgan fingerprint density at radius 1 is 0.975 bits per heavy atom.